The number of nitrogens with zero attached hydrogens (tertiary/aromatic N) is 4. The van der Waals surface area contributed by atoms with Crippen molar-refractivity contribution in [3.8, 4) is 0 Å². The van der Waals surface area contributed by atoms with E-state index in [1.807, 2.05) is 36.4 Å². The zero-order chi connectivity index (χ0) is 11.1. The zero-order valence-corrected chi connectivity index (χ0v) is 8.56. The fraction of sp³-hybridized carbons (Fsp3) is 0. The lowest BCUT2D eigenvalue weighted by molar-refractivity contribution is 1.15. The Kier molecular flexibility index (Phi) is 3.50. The fourth-order valence-electron chi connectivity index (χ4n) is 1.11. The number of hydrogen-bond acceptors (Lipinski definition) is 4. The van der Waals surface area contributed by atoms with Gasteiger partial charge in [-0.1, -0.05) is 36.4 Å². The van der Waals surface area contributed by atoms with Gasteiger partial charge in [0.1, 0.15) is 11.8 Å². The minimum Gasteiger partial charge on any atom is -0.250 e. The smallest absolute Gasteiger partial charge is 0.181 e. The van der Waals surface area contributed by atoms with E-state index in [0.717, 1.165) is 5.52 Å². The summed E-state index contributed by atoms with van der Waals surface area (Å²) in [6, 6.07) is 12.0. The molecule has 0 aliphatic carbocycles. The summed E-state index contributed by atoms with van der Waals surface area (Å²) in [7, 11) is 0. The van der Waals surface area contributed by atoms with Crippen LogP contribution in [0.2, 0.25) is 0 Å². The Balaban J connectivity index is 0.000000138. The van der Waals surface area contributed by atoms with Crippen LogP contribution in [-0.2, 0) is 0 Å². The van der Waals surface area contributed by atoms with Crippen molar-refractivity contribution >= 4 is 11.2 Å². The van der Waals surface area contributed by atoms with Crippen LogP contribution >= 0.6 is 0 Å². The average molecular weight is 210 g/mol. The molecule has 0 aliphatic heterocycles. The van der Waals surface area contributed by atoms with Crippen molar-refractivity contribution in [3.63, 3.8) is 0 Å². The third-order valence-corrected chi connectivity index (χ3v) is 1.82. The van der Waals surface area contributed by atoms with Crippen molar-refractivity contribution in [1.82, 2.24) is 19.9 Å². The van der Waals surface area contributed by atoms with Gasteiger partial charge >= 0.3 is 0 Å². The van der Waals surface area contributed by atoms with Gasteiger partial charge in [-0.2, -0.15) is 0 Å². The highest BCUT2D eigenvalue weighted by Crippen LogP contribution is 1.98. The van der Waals surface area contributed by atoms with Gasteiger partial charge in [-0.05, 0) is 0 Å². The Bertz CT molecular complexity index is 447. The molecule has 0 spiro atoms. The minimum absolute atomic E-state index is 0.637. The van der Waals surface area contributed by atoms with Crippen LogP contribution in [0, 0.1) is 0 Å². The van der Waals surface area contributed by atoms with Gasteiger partial charge in [-0.25, -0.2) is 19.9 Å². The standard InChI is InChI=1S/C6H4N4.C6H6/c1-2-9-6-5(8-1)3-7-4-10-6;1-2-4-6-5-3-1/h1-4H;1-6H. The summed E-state index contributed by atoms with van der Waals surface area (Å²) < 4.78 is 0. The van der Waals surface area contributed by atoms with Crippen LogP contribution in [-0.4, -0.2) is 19.9 Å². The van der Waals surface area contributed by atoms with Gasteiger partial charge in [-0.3, -0.25) is 0 Å². The maximum atomic E-state index is 3.99. The highest BCUT2D eigenvalue weighted by atomic mass is 14.9. The lowest BCUT2D eigenvalue weighted by Gasteiger charge is -1.89. The van der Waals surface area contributed by atoms with Gasteiger partial charge in [0.15, 0.2) is 5.65 Å². The second-order valence-corrected chi connectivity index (χ2v) is 2.94. The second kappa shape index (κ2) is 5.50. The van der Waals surface area contributed by atoms with E-state index in [0.29, 0.717) is 5.65 Å². The molecule has 0 saturated heterocycles. The van der Waals surface area contributed by atoms with E-state index < -0.39 is 0 Å². The number of hydrogen-bond donors (Lipinski definition) is 0. The van der Waals surface area contributed by atoms with E-state index in [4.69, 9.17) is 0 Å². The molecule has 3 rings (SSSR count). The predicted octanol–water partition coefficient (Wildman–Crippen LogP) is 2.11. The predicted molar refractivity (Wildman–Crippen MR) is 61.6 cm³/mol. The normalized spacial score (nSPS) is 9.25. The molecule has 0 saturated carbocycles. The summed E-state index contributed by atoms with van der Waals surface area (Å²) in [5.74, 6) is 0. The lowest BCUT2D eigenvalue weighted by atomic mass is 10.4. The van der Waals surface area contributed by atoms with Crippen molar-refractivity contribution < 1.29 is 0 Å². The van der Waals surface area contributed by atoms with Crippen LogP contribution in [0.1, 0.15) is 0 Å². The van der Waals surface area contributed by atoms with Gasteiger partial charge in [0.2, 0.25) is 0 Å². The summed E-state index contributed by atoms with van der Waals surface area (Å²) >= 11 is 0. The maximum absolute atomic E-state index is 3.99. The third-order valence-electron chi connectivity index (χ3n) is 1.82. The molecule has 1 aromatic carbocycles. The first-order valence-electron chi connectivity index (χ1n) is 4.83. The molecule has 0 atom stereocenters. The molecule has 4 heteroatoms. The molecule has 0 amide bonds. The molecule has 0 unspecified atom stereocenters. The quantitative estimate of drug-likeness (QED) is 0.570. The molecular weight excluding hydrogens is 200 g/mol. The van der Waals surface area contributed by atoms with E-state index in [-0.39, 0.29) is 0 Å². The molecule has 0 radical (unpaired) electrons. The largest absolute Gasteiger partial charge is 0.250 e. The van der Waals surface area contributed by atoms with Crippen LogP contribution in [0.25, 0.3) is 11.2 Å². The Morgan fingerprint density at radius 3 is 1.94 bits per heavy atom. The van der Waals surface area contributed by atoms with E-state index in [1.54, 1.807) is 18.6 Å². The first kappa shape index (κ1) is 10.2. The van der Waals surface area contributed by atoms with Crippen LogP contribution in [0.5, 0.6) is 0 Å². The molecule has 4 nitrogen and oxygen atoms in total. The molecule has 2 heterocycles. The maximum Gasteiger partial charge on any atom is 0.181 e. The Hall–Kier alpha value is -2.36. The van der Waals surface area contributed by atoms with Crippen molar-refractivity contribution in [1.29, 1.82) is 0 Å². The van der Waals surface area contributed by atoms with Crippen LogP contribution in [0.15, 0.2) is 61.3 Å². The molecule has 0 fully saturated rings. The van der Waals surface area contributed by atoms with Crippen molar-refractivity contribution in [2.75, 3.05) is 0 Å². The molecule has 0 N–H and O–H groups in total. The summed E-state index contributed by atoms with van der Waals surface area (Å²) in [6.45, 7) is 0. The molecule has 16 heavy (non-hydrogen) atoms. The molecular formula is C12H10N4. The van der Waals surface area contributed by atoms with Crippen molar-refractivity contribution in [2.45, 2.75) is 0 Å². The summed E-state index contributed by atoms with van der Waals surface area (Å²) in [5.41, 5.74) is 1.36. The number of fused-ring (bicyclic) bond motifs is 1. The topological polar surface area (TPSA) is 51.6 Å². The number of rotatable bonds is 0. The van der Waals surface area contributed by atoms with Crippen LogP contribution in [0.4, 0.5) is 0 Å². The molecule has 0 bridgehead atoms. The average Bonchev–Trinajstić information content (AvgIpc) is 2.42. The molecule has 78 valence electrons. The van der Waals surface area contributed by atoms with Gasteiger partial charge in [0, 0.05) is 12.4 Å². The highest BCUT2D eigenvalue weighted by molar-refractivity contribution is 5.66. The van der Waals surface area contributed by atoms with Crippen molar-refractivity contribution in [3.05, 3.63) is 61.3 Å². The SMILES string of the molecule is c1ccccc1.c1cnc2ncncc2n1. The zero-order valence-electron chi connectivity index (χ0n) is 8.56. The first-order valence-corrected chi connectivity index (χ1v) is 4.83. The summed E-state index contributed by atoms with van der Waals surface area (Å²) in [5, 5.41) is 0. The second-order valence-electron chi connectivity index (χ2n) is 2.94. The first-order chi connectivity index (χ1) is 7.97. The summed E-state index contributed by atoms with van der Waals surface area (Å²) in [4.78, 5) is 15.7. The fourth-order valence-corrected chi connectivity index (χ4v) is 1.11. The Labute approximate surface area is 93.1 Å². The number of aromatic nitrogens is 4. The van der Waals surface area contributed by atoms with Gasteiger partial charge in [0.25, 0.3) is 0 Å². The van der Waals surface area contributed by atoms with Gasteiger partial charge < -0.3 is 0 Å². The third kappa shape index (κ3) is 2.81. The minimum atomic E-state index is 0.637. The van der Waals surface area contributed by atoms with Gasteiger partial charge in [0.05, 0.1) is 6.20 Å². The number of benzene rings is 1. The highest BCUT2D eigenvalue weighted by Gasteiger charge is 1.90. The van der Waals surface area contributed by atoms with Crippen molar-refractivity contribution in [2.24, 2.45) is 0 Å². The van der Waals surface area contributed by atoms with E-state index in [1.165, 1.54) is 6.33 Å². The molecule has 2 aromatic heterocycles. The van der Waals surface area contributed by atoms with Crippen LogP contribution in [0.3, 0.4) is 0 Å². The Morgan fingerprint density at radius 1 is 0.688 bits per heavy atom. The summed E-state index contributed by atoms with van der Waals surface area (Å²) in [6.07, 6.45) is 6.31. The van der Waals surface area contributed by atoms with E-state index in [9.17, 15) is 0 Å². The lowest BCUT2D eigenvalue weighted by Crippen LogP contribution is -1.85. The van der Waals surface area contributed by atoms with E-state index in [2.05, 4.69) is 19.9 Å². The monoisotopic (exact) mass is 210 g/mol. The van der Waals surface area contributed by atoms with Gasteiger partial charge in [-0.15, -0.1) is 0 Å². The molecule has 0 aliphatic rings. The van der Waals surface area contributed by atoms with E-state index >= 15 is 0 Å². The molecule has 3 aromatic rings. The Morgan fingerprint density at radius 2 is 1.31 bits per heavy atom. The van der Waals surface area contributed by atoms with Crippen LogP contribution < -0.4 is 0 Å².